The van der Waals surface area contributed by atoms with Crippen molar-refractivity contribution in [1.82, 2.24) is 20.0 Å². The van der Waals surface area contributed by atoms with Crippen molar-refractivity contribution >= 4 is 5.91 Å². The summed E-state index contributed by atoms with van der Waals surface area (Å²) < 4.78 is 0. The van der Waals surface area contributed by atoms with Crippen molar-refractivity contribution in [3.05, 3.63) is 71.8 Å². The van der Waals surface area contributed by atoms with E-state index in [0.717, 1.165) is 91.1 Å². The molecule has 2 saturated heterocycles. The predicted molar refractivity (Wildman–Crippen MR) is 135 cm³/mol. The average Bonchev–Trinajstić information content (AvgIpc) is 2.86. The van der Waals surface area contributed by atoms with Crippen molar-refractivity contribution in [3.8, 4) is 0 Å². The number of benzene rings is 2. The topological polar surface area (TPSA) is 38.8 Å². The lowest BCUT2D eigenvalue weighted by molar-refractivity contribution is -0.126. The summed E-state index contributed by atoms with van der Waals surface area (Å²) in [5.74, 6) is 0.391. The zero-order valence-corrected chi connectivity index (χ0v) is 20.0. The molecule has 2 aromatic carbocycles. The molecule has 5 heteroatoms. The highest BCUT2D eigenvalue weighted by Crippen LogP contribution is 2.19. The summed E-state index contributed by atoms with van der Waals surface area (Å²) in [6.07, 6.45) is 4.35. The fourth-order valence-electron chi connectivity index (χ4n) is 5.08. The van der Waals surface area contributed by atoms with Gasteiger partial charge < -0.3 is 10.2 Å². The molecule has 2 aliphatic rings. The van der Waals surface area contributed by atoms with Gasteiger partial charge in [-0.1, -0.05) is 60.7 Å². The van der Waals surface area contributed by atoms with E-state index in [-0.39, 0.29) is 11.8 Å². The van der Waals surface area contributed by atoms with Gasteiger partial charge in [-0.3, -0.25) is 14.6 Å². The Kier molecular flexibility index (Phi) is 9.34. The minimum Gasteiger partial charge on any atom is -0.356 e. The Morgan fingerprint density at radius 3 is 2.03 bits per heavy atom. The van der Waals surface area contributed by atoms with Gasteiger partial charge in [0.25, 0.3) is 0 Å². The van der Waals surface area contributed by atoms with Gasteiger partial charge in [-0.15, -0.1) is 0 Å². The Morgan fingerprint density at radius 2 is 1.36 bits per heavy atom. The number of carbonyl (C=O) groups excluding carboxylic acids is 1. The van der Waals surface area contributed by atoms with Gasteiger partial charge >= 0.3 is 0 Å². The fourth-order valence-corrected chi connectivity index (χ4v) is 5.08. The van der Waals surface area contributed by atoms with E-state index in [1.54, 1.807) is 0 Å². The molecule has 0 spiro atoms. The maximum Gasteiger partial charge on any atom is 0.224 e. The molecular formula is C28H40N4O. The van der Waals surface area contributed by atoms with Crippen LogP contribution >= 0.6 is 0 Å². The molecule has 0 aromatic heterocycles. The molecule has 0 bridgehead atoms. The average molecular weight is 449 g/mol. The third kappa shape index (κ3) is 7.95. The number of hydrogen-bond donors (Lipinski definition) is 1. The van der Waals surface area contributed by atoms with Crippen LogP contribution in [0, 0.1) is 5.92 Å². The lowest BCUT2D eigenvalue weighted by atomic mass is 9.96. The van der Waals surface area contributed by atoms with Crippen molar-refractivity contribution in [2.24, 2.45) is 5.92 Å². The number of piperazine rings is 1. The third-order valence-corrected chi connectivity index (χ3v) is 7.04. The van der Waals surface area contributed by atoms with Crippen molar-refractivity contribution < 1.29 is 4.79 Å². The molecule has 2 aliphatic heterocycles. The van der Waals surface area contributed by atoms with E-state index in [0.29, 0.717) is 0 Å². The molecule has 2 fully saturated rings. The Labute approximate surface area is 199 Å². The van der Waals surface area contributed by atoms with Crippen molar-refractivity contribution in [2.45, 2.75) is 38.8 Å². The highest BCUT2D eigenvalue weighted by molar-refractivity contribution is 5.78. The number of amides is 1. The number of hydrogen-bond acceptors (Lipinski definition) is 4. The lowest BCUT2D eigenvalue weighted by Gasteiger charge is -2.34. The molecule has 1 atom stereocenters. The number of carbonyl (C=O) groups is 1. The zero-order chi connectivity index (χ0) is 22.7. The highest BCUT2D eigenvalue weighted by atomic mass is 16.1. The van der Waals surface area contributed by atoms with Gasteiger partial charge in [0.2, 0.25) is 5.91 Å². The number of nitrogens with one attached hydrogen (secondary N) is 1. The van der Waals surface area contributed by atoms with Gasteiger partial charge in [-0.25, -0.2) is 0 Å². The SMILES string of the molecule is O=C(NCCCCN1CCN(Cc2ccccc2)CC1)C1CCCN(Cc2ccccc2)C1. The third-order valence-electron chi connectivity index (χ3n) is 7.04. The first kappa shape index (κ1) is 23.9. The Balaban J connectivity index is 1.06. The van der Waals surface area contributed by atoms with Gasteiger partial charge in [0.05, 0.1) is 5.92 Å². The number of rotatable bonds is 10. The molecule has 0 aliphatic carbocycles. The van der Waals surface area contributed by atoms with E-state index >= 15 is 0 Å². The van der Waals surface area contributed by atoms with E-state index < -0.39 is 0 Å². The molecule has 1 amide bonds. The molecule has 2 heterocycles. The monoisotopic (exact) mass is 448 g/mol. The molecule has 1 N–H and O–H groups in total. The van der Waals surface area contributed by atoms with Gasteiger partial charge in [-0.05, 0) is 49.9 Å². The Morgan fingerprint density at radius 1 is 0.758 bits per heavy atom. The predicted octanol–water partition coefficient (Wildman–Crippen LogP) is 3.61. The molecule has 33 heavy (non-hydrogen) atoms. The van der Waals surface area contributed by atoms with E-state index in [1.807, 2.05) is 0 Å². The van der Waals surface area contributed by atoms with E-state index in [4.69, 9.17) is 0 Å². The summed E-state index contributed by atoms with van der Waals surface area (Å²) in [7, 11) is 0. The maximum atomic E-state index is 12.7. The molecule has 0 radical (unpaired) electrons. The van der Waals surface area contributed by atoms with Crippen LogP contribution in [-0.2, 0) is 17.9 Å². The number of piperidine rings is 1. The van der Waals surface area contributed by atoms with Crippen molar-refractivity contribution in [1.29, 1.82) is 0 Å². The molecule has 1 unspecified atom stereocenters. The molecule has 5 nitrogen and oxygen atoms in total. The van der Waals surface area contributed by atoms with Crippen LogP contribution in [0.4, 0.5) is 0 Å². The van der Waals surface area contributed by atoms with E-state index in [2.05, 4.69) is 80.7 Å². The van der Waals surface area contributed by atoms with Crippen LogP contribution in [0.25, 0.3) is 0 Å². The van der Waals surface area contributed by atoms with Crippen molar-refractivity contribution in [2.75, 3.05) is 52.4 Å². The maximum absolute atomic E-state index is 12.7. The molecule has 2 aromatic rings. The molecule has 4 rings (SSSR count). The van der Waals surface area contributed by atoms with Crippen LogP contribution in [0.2, 0.25) is 0 Å². The second kappa shape index (κ2) is 12.9. The zero-order valence-electron chi connectivity index (χ0n) is 20.0. The first-order valence-corrected chi connectivity index (χ1v) is 12.8. The van der Waals surface area contributed by atoms with Crippen molar-refractivity contribution in [3.63, 3.8) is 0 Å². The summed E-state index contributed by atoms with van der Waals surface area (Å²) in [5.41, 5.74) is 2.74. The standard InChI is InChI=1S/C28H40N4O/c33-28(27-14-9-17-32(24-27)23-26-12-5-2-6-13-26)29-15-7-8-16-30-18-20-31(21-19-30)22-25-10-3-1-4-11-25/h1-6,10-13,27H,7-9,14-24H2,(H,29,33). The molecular weight excluding hydrogens is 408 g/mol. The normalized spacial score (nSPS) is 20.5. The summed E-state index contributed by atoms with van der Waals surface area (Å²) in [6, 6.07) is 21.4. The van der Waals surface area contributed by atoms with Gasteiger partial charge in [0.15, 0.2) is 0 Å². The Bertz CT molecular complexity index is 820. The lowest BCUT2D eigenvalue weighted by Crippen LogP contribution is -2.46. The van der Waals surface area contributed by atoms with Crippen LogP contribution in [-0.4, -0.2) is 73.0 Å². The van der Waals surface area contributed by atoms with Gasteiger partial charge in [0.1, 0.15) is 0 Å². The number of unbranched alkanes of at least 4 members (excludes halogenated alkanes) is 1. The number of nitrogens with zero attached hydrogens (tertiary/aromatic N) is 3. The smallest absolute Gasteiger partial charge is 0.224 e. The molecule has 0 saturated carbocycles. The van der Waals surface area contributed by atoms with Crippen LogP contribution in [0.5, 0.6) is 0 Å². The summed E-state index contributed by atoms with van der Waals surface area (Å²) in [4.78, 5) is 20.3. The van der Waals surface area contributed by atoms with Gasteiger partial charge in [-0.2, -0.15) is 0 Å². The van der Waals surface area contributed by atoms with Crippen LogP contribution in [0.15, 0.2) is 60.7 Å². The van der Waals surface area contributed by atoms with Gasteiger partial charge in [0, 0.05) is 52.4 Å². The first-order chi connectivity index (χ1) is 16.3. The minimum atomic E-state index is 0.139. The summed E-state index contributed by atoms with van der Waals surface area (Å²) in [5, 5.41) is 3.22. The fraction of sp³-hybridized carbons (Fsp3) is 0.536. The second-order valence-corrected chi connectivity index (χ2v) is 9.66. The van der Waals surface area contributed by atoms with Crippen LogP contribution in [0.3, 0.4) is 0 Å². The van der Waals surface area contributed by atoms with Crippen LogP contribution in [0.1, 0.15) is 36.8 Å². The minimum absolute atomic E-state index is 0.139. The van der Waals surface area contributed by atoms with E-state index in [1.165, 1.54) is 11.1 Å². The van der Waals surface area contributed by atoms with Crippen LogP contribution < -0.4 is 5.32 Å². The Hall–Kier alpha value is -2.21. The molecule has 178 valence electrons. The van der Waals surface area contributed by atoms with E-state index in [9.17, 15) is 4.79 Å². The largest absolute Gasteiger partial charge is 0.356 e. The summed E-state index contributed by atoms with van der Waals surface area (Å²) >= 11 is 0. The number of likely N-dealkylation sites (tertiary alicyclic amines) is 1. The first-order valence-electron chi connectivity index (χ1n) is 12.8. The highest BCUT2D eigenvalue weighted by Gasteiger charge is 2.25. The summed E-state index contributed by atoms with van der Waals surface area (Å²) in [6.45, 7) is 10.5. The quantitative estimate of drug-likeness (QED) is 0.564. The second-order valence-electron chi connectivity index (χ2n) is 9.66.